The quantitative estimate of drug-likeness (QED) is 0.586. The number of nitrogens with one attached hydrogen (secondary N) is 1. The molecule has 1 saturated carbocycles. The van der Waals surface area contributed by atoms with Crippen LogP contribution in [0.2, 0.25) is 0 Å². The molecule has 4 heterocycles. The molecular weight excluding hydrogens is 433 g/mol. The number of amides is 1. The highest BCUT2D eigenvalue weighted by molar-refractivity contribution is 5.86. The standard InChI is InChI=1S/C26H30FN5O2/c1-15-10-30-25-24(15)23(6-7-29-25)34-22-5-2-16(8-20(22)27)9-21(28)26(33)32-13-17-11-31(19-3-4-19)12-18(17)14-32/h2,5-8,10,17-19,21H,3-4,9,11-14,28H2,1H3,(H,29,30)/t17-,18+,21-/m0/s1. The molecule has 3 aromatic rings. The molecule has 3 aliphatic rings. The molecule has 0 radical (unpaired) electrons. The summed E-state index contributed by atoms with van der Waals surface area (Å²) in [5.74, 6) is 1.29. The van der Waals surface area contributed by atoms with E-state index < -0.39 is 11.9 Å². The number of carbonyl (C=O) groups excluding carboxylic acids is 1. The number of rotatable bonds is 6. The van der Waals surface area contributed by atoms with Crippen molar-refractivity contribution in [1.29, 1.82) is 0 Å². The highest BCUT2D eigenvalue weighted by Gasteiger charge is 2.45. The molecule has 7 nitrogen and oxygen atoms in total. The Balaban J connectivity index is 1.09. The van der Waals surface area contributed by atoms with Crippen LogP contribution in [0.3, 0.4) is 0 Å². The minimum Gasteiger partial charge on any atom is -0.453 e. The summed E-state index contributed by atoms with van der Waals surface area (Å²) in [6.07, 6.45) is 6.42. The van der Waals surface area contributed by atoms with Crippen LogP contribution in [0.4, 0.5) is 4.39 Å². The number of pyridine rings is 1. The van der Waals surface area contributed by atoms with Crippen LogP contribution < -0.4 is 10.5 Å². The highest BCUT2D eigenvalue weighted by atomic mass is 19.1. The van der Waals surface area contributed by atoms with E-state index in [9.17, 15) is 9.18 Å². The normalized spacial score (nSPS) is 23.4. The zero-order chi connectivity index (χ0) is 23.4. The van der Waals surface area contributed by atoms with Crippen LogP contribution in [0.15, 0.2) is 36.7 Å². The van der Waals surface area contributed by atoms with Crippen molar-refractivity contribution >= 4 is 16.9 Å². The first-order valence-electron chi connectivity index (χ1n) is 12.1. The van der Waals surface area contributed by atoms with Gasteiger partial charge in [0.1, 0.15) is 11.4 Å². The van der Waals surface area contributed by atoms with E-state index in [4.69, 9.17) is 10.5 Å². The monoisotopic (exact) mass is 463 g/mol. The van der Waals surface area contributed by atoms with Crippen LogP contribution in [0.25, 0.3) is 11.0 Å². The fourth-order valence-electron chi connectivity index (χ4n) is 5.66. The molecule has 2 aliphatic heterocycles. The number of aromatic nitrogens is 2. The SMILES string of the molecule is Cc1c[nH]c2nccc(Oc3ccc(C[C@H](N)C(=O)N4C[C@@H]5CN(C6CC6)C[C@@H]5C4)cc3F)c12. The third kappa shape index (κ3) is 3.95. The Bertz CT molecular complexity index is 1230. The van der Waals surface area contributed by atoms with Crippen LogP contribution in [0.5, 0.6) is 11.5 Å². The summed E-state index contributed by atoms with van der Waals surface area (Å²) < 4.78 is 20.8. The molecule has 2 saturated heterocycles. The molecule has 8 heteroatoms. The number of aryl methyl sites for hydroxylation is 1. The minimum atomic E-state index is -0.674. The van der Waals surface area contributed by atoms with Gasteiger partial charge in [-0.15, -0.1) is 0 Å². The number of carbonyl (C=O) groups is 1. The topological polar surface area (TPSA) is 87.5 Å². The third-order valence-corrected chi connectivity index (χ3v) is 7.61. The molecule has 1 aliphatic carbocycles. The van der Waals surface area contributed by atoms with Crippen molar-refractivity contribution < 1.29 is 13.9 Å². The number of hydrogen-bond acceptors (Lipinski definition) is 5. The van der Waals surface area contributed by atoms with E-state index in [1.54, 1.807) is 24.4 Å². The predicted octanol–water partition coefficient (Wildman–Crippen LogP) is 3.23. The average molecular weight is 464 g/mol. The van der Waals surface area contributed by atoms with Crippen molar-refractivity contribution in [2.45, 2.75) is 38.3 Å². The number of nitrogens with two attached hydrogens (primary N) is 1. The zero-order valence-electron chi connectivity index (χ0n) is 19.3. The molecule has 6 rings (SSSR count). The van der Waals surface area contributed by atoms with Gasteiger partial charge < -0.3 is 20.4 Å². The summed E-state index contributed by atoms with van der Waals surface area (Å²) in [5, 5.41) is 0.828. The van der Waals surface area contributed by atoms with Crippen molar-refractivity contribution in [3.8, 4) is 11.5 Å². The van der Waals surface area contributed by atoms with Gasteiger partial charge in [-0.1, -0.05) is 6.07 Å². The Morgan fingerprint density at radius 3 is 2.68 bits per heavy atom. The minimum absolute atomic E-state index is 0.0322. The fraction of sp³-hybridized carbons (Fsp3) is 0.462. The molecule has 3 fully saturated rings. The van der Waals surface area contributed by atoms with Crippen molar-refractivity contribution in [3.63, 3.8) is 0 Å². The summed E-state index contributed by atoms with van der Waals surface area (Å²) in [5.41, 5.74) is 8.64. The van der Waals surface area contributed by atoms with E-state index in [0.29, 0.717) is 35.2 Å². The highest BCUT2D eigenvalue weighted by Crippen LogP contribution is 2.38. The molecular formula is C26H30FN5O2. The van der Waals surface area contributed by atoms with Crippen molar-refractivity contribution in [1.82, 2.24) is 19.8 Å². The van der Waals surface area contributed by atoms with Gasteiger partial charge >= 0.3 is 0 Å². The van der Waals surface area contributed by atoms with Crippen LogP contribution in [0.1, 0.15) is 24.0 Å². The predicted molar refractivity (Wildman–Crippen MR) is 127 cm³/mol. The van der Waals surface area contributed by atoms with Crippen LogP contribution >= 0.6 is 0 Å². The number of benzene rings is 1. The molecule has 3 atom stereocenters. The Hall–Kier alpha value is -2.97. The lowest BCUT2D eigenvalue weighted by atomic mass is 10.0. The maximum atomic E-state index is 14.9. The summed E-state index contributed by atoms with van der Waals surface area (Å²) in [6, 6.07) is 6.63. The zero-order valence-corrected chi connectivity index (χ0v) is 19.3. The second kappa shape index (κ2) is 8.36. The van der Waals surface area contributed by atoms with E-state index in [1.807, 2.05) is 18.0 Å². The lowest BCUT2D eigenvalue weighted by molar-refractivity contribution is -0.131. The first-order valence-corrected chi connectivity index (χ1v) is 12.1. The van der Waals surface area contributed by atoms with Crippen molar-refractivity contribution in [2.24, 2.45) is 17.6 Å². The molecule has 0 spiro atoms. The number of likely N-dealkylation sites (tertiary alicyclic amines) is 2. The number of fused-ring (bicyclic) bond motifs is 2. The van der Waals surface area contributed by atoms with Crippen molar-refractivity contribution in [2.75, 3.05) is 26.2 Å². The Labute approximate surface area is 198 Å². The summed E-state index contributed by atoms with van der Waals surface area (Å²) in [7, 11) is 0. The smallest absolute Gasteiger partial charge is 0.239 e. The summed E-state index contributed by atoms with van der Waals surface area (Å²) >= 11 is 0. The molecule has 0 unspecified atom stereocenters. The fourth-order valence-corrected chi connectivity index (χ4v) is 5.66. The maximum Gasteiger partial charge on any atom is 0.239 e. The van der Waals surface area contributed by atoms with Gasteiger partial charge in [0.05, 0.1) is 11.4 Å². The van der Waals surface area contributed by atoms with Gasteiger partial charge in [0.25, 0.3) is 0 Å². The van der Waals surface area contributed by atoms with Crippen LogP contribution in [-0.4, -0.2) is 63.9 Å². The summed E-state index contributed by atoms with van der Waals surface area (Å²) in [4.78, 5) is 24.9. The Morgan fingerprint density at radius 2 is 1.97 bits per heavy atom. The van der Waals surface area contributed by atoms with Gasteiger partial charge in [-0.25, -0.2) is 9.37 Å². The first-order chi connectivity index (χ1) is 16.5. The van der Waals surface area contributed by atoms with E-state index >= 15 is 0 Å². The van der Waals surface area contributed by atoms with E-state index in [0.717, 1.165) is 43.2 Å². The van der Waals surface area contributed by atoms with Gasteiger partial charge in [0.2, 0.25) is 5.91 Å². The molecule has 0 bridgehead atoms. The van der Waals surface area contributed by atoms with Crippen LogP contribution in [-0.2, 0) is 11.2 Å². The number of hydrogen-bond donors (Lipinski definition) is 2. The summed E-state index contributed by atoms with van der Waals surface area (Å²) in [6.45, 7) is 5.74. The number of ether oxygens (including phenoxy) is 1. The molecule has 1 aromatic carbocycles. The number of H-pyrrole nitrogens is 1. The molecule has 178 valence electrons. The first kappa shape index (κ1) is 21.6. The largest absolute Gasteiger partial charge is 0.453 e. The molecule has 3 N–H and O–H groups in total. The second-order valence-electron chi connectivity index (χ2n) is 10.1. The second-order valence-corrected chi connectivity index (χ2v) is 10.1. The molecule has 1 amide bonds. The van der Waals surface area contributed by atoms with E-state index in [1.165, 1.54) is 18.9 Å². The number of aromatic amines is 1. The van der Waals surface area contributed by atoms with Gasteiger partial charge in [0.15, 0.2) is 11.6 Å². The van der Waals surface area contributed by atoms with Gasteiger partial charge in [-0.3, -0.25) is 9.69 Å². The Morgan fingerprint density at radius 1 is 1.21 bits per heavy atom. The Kier molecular flexibility index (Phi) is 5.30. The molecule has 2 aromatic heterocycles. The lowest BCUT2D eigenvalue weighted by Gasteiger charge is -2.24. The van der Waals surface area contributed by atoms with Crippen molar-refractivity contribution in [3.05, 3.63) is 53.6 Å². The van der Waals surface area contributed by atoms with E-state index in [-0.39, 0.29) is 11.7 Å². The van der Waals surface area contributed by atoms with Gasteiger partial charge in [-0.2, -0.15) is 0 Å². The van der Waals surface area contributed by atoms with Crippen LogP contribution in [0, 0.1) is 24.6 Å². The average Bonchev–Trinajstić information content (AvgIpc) is 3.31. The molecule has 34 heavy (non-hydrogen) atoms. The van der Waals surface area contributed by atoms with Gasteiger partial charge in [-0.05, 0) is 67.3 Å². The van der Waals surface area contributed by atoms with Gasteiger partial charge in [0, 0.05) is 44.6 Å². The van der Waals surface area contributed by atoms with E-state index in [2.05, 4.69) is 14.9 Å². The lowest BCUT2D eigenvalue weighted by Crippen LogP contribution is -2.45. The third-order valence-electron chi connectivity index (χ3n) is 7.61. The number of halogens is 1. The maximum absolute atomic E-state index is 14.9. The number of nitrogens with zero attached hydrogens (tertiary/aromatic N) is 3.